The maximum Gasteiger partial charge on any atom is 0.228 e. The molecule has 2 heterocycles. The van der Waals surface area contributed by atoms with Gasteiger partial charge in [0.1, 0.15) is 0 Å². The van der Waals surface area contributed by atoms with E-state index < -0.39 is 0 Å². The summed E-state index contributed by atoms with van der Waals surface area (Å²) in [5, 5.41) is 0. The zero-order chi connectivity index (χ0) is 11.8. The first-order valence-corrected chi connectivity index (χ1v) is 5.52. The van der Waals surface area contributed by atoms with Crippen LogP contribution in [0.2, 0.25) is 0 Å². The molecule has 5 nitrogen and oxygen atoms in total. The van der Waals surface area contributed by atoms with E-state index in [2.05, 4.69) is 14.9 Å². The topological polar surface area (TPSA) is 64.3 Å². The van der Waals surface area contributed by atoms with Crippen LogP contribution in [-0.2, 0) is 0 Å². The Balaban J connectivity index is 2.15. The highest BCUT2D eigenvalue weighted by atomic mass is 16.5. The second-order valence-corrected chi connectivity index (χ2v) is 4.59. The number of hydrogen-bond acceptors (Lipinski definition) is 5. The Bertz CT molecular complexity index is 384. The molecular weight excluding hydrogens is 204 g/mol. The largest absolute Gasteiger partial charge is 0.478 e. The van der Waals surface area contributed by atoms with Gasteiger partial charge in [-0.15, -0.1) is 0 Å². The molecule has 0 unspecified atom stereocenters. The van der Waals surface area contributed by atoms with Gasteiger partial charge in [-0.25, -0.2) is 4.98 Å². The minimum atomic E-state index is -0.112. The van der Waals surface area contributed by atoms with Crippen molar-refractivity contribution in [3.05, 3.63) is 11.8 Å². The van der Waals surface area contributed by atoms with Gasteiger partial charge < -0.3 is 15.4 Å². The van der Waals surface area contributed by atoms with Gasteiger partial charge in [0.15, 0.2) is 0 Å². The van der Waals surface area contributed by atoms with Crippen LogP contribution < -0.4 is 15.4 Å². The fourth-order valence-corrected chi connectivity index (χ4v) is 1.85. The molecule has 1 aromatic heterocycles. The fraction of sp³-hybridized carbons (Fsp3) is 0.636. The second-order valence-electron chi connectivity index (χ2n) is 4.59. The van der Waals surface area contributed by atoms with Gasteiger partial charge in [-0.3, -0.25) is 0 Å². The summed E-state index contributed by atoms with van der Waals surface area (Å²) in [6.45, 7) is 8.12. The van der Waals surface area contributed by atoms with Gasteiger partial charge in [-0.2, -0.15) is 4.98 Å². The molecule has 1 saturated heterocycles. The summed E-state index contributed by atoms with van der Waals surface area (Å²) in [7, 11) is 0. The zero-order valence-corrected chi connectivity index (χ0v) is 10.0. The van der Waals surface area contributed by atoms with E-state index >= 15 is 0 Å². The van der Waals surface area contributed by atoms with Gasteiger partial charge in [-0.05, 0) is 20.8 Å². The summed E-state index contributed by atoms with van der Waals surface area (Å²) in [4.78, 5) is 10.8. The van der Waals surface area contributed by atoms with E-state index in [1.54, 1.807) is 0 Å². The summed E-state index contributed by atoms with van der Waals surface area (Å²) < 4.78 is 5.39. The van der Waals surface area contributed by atoms with Crippen molar-refractivity contribution >= 4 is 5.95 Å². The molecule has 0 aromatic carbocycles. The van der Waals surface area contributed by atoms with E-state index in [9.17, 15) is 0 Å². The predicted molar refractivity (Wildman–Crippen MR) is 62.7 cm³/mol. The Labute approximate surface area is 95.6 Å². The van der Waals surface area contributed by atoms with E-state index in [0.29, 0.717) is 18.4 Å². The van der Waals surface area contributed by atoms with Gasteiger partial charge >= 0.3 is 0 Å². The summed E-state index contributed by atoms with van der Waals surface area (Å²) in [5.74, 6) is 1.35. The van der Waals surface area contributed by atoms with Crippen LogP contribution in [-0.4, -0.2) is 35.2 Å². The minimum Gasteiger partial charge on any atom is -0.478 e. The lowest BCUT2D eigenvalue weighted by molar-refractivity contribution is 0.321. The van der Waals surface area contributed by atoms with Crippen LogP contribution in [0.15, 0.2) is 6.07 Å². The number of aryl methyl sites for hydroxylation is 1. The molecule has 2 rings (SSSR count). The highest BCUT2D eigenvalue weighted by Crippen LogP contribution is 2.24. The zero-order valence-electron chi connectivity index (χ0n) is 10.0. The molecule has 1 aliphatic heterocycles. The van der Waals surface area contributed by atoms with Gasteiger partial charge in [0.25, 0.3) is 0 Å². The van der Waals surface area contributed by atoms with Crippen molar-refractivity contribution < 1.29 is 4.74 Å². The van der Waals surface area contributed by atoms with Crippen LogP contribution in [0.4, 0.5) is 5.95 Å². The maximum absolute atomic E-state index is 5.96. The van der Waals surface area contributed by atoms with Crippen molar-refractivity contribution in [1.29, 1.82) is 0 Å². The third-order valence-corrected chi connectivity index (χ3v) is 2.50. The molecule has 5 heteroatoms. The predicted octanol–water partition coefficient (Wildman–Crippen LogP) is 0.721. The van der Waals surface area contributed by atoms with Crippen LogP contribution in [0.1, 0.15) is 19.5 Å². The monoisotopic (exact) mass is 222 g/mol. The average molecular weight is 222 g/mol. The summed E-state index contributed by atoms with van der Waals surface area (Å²) >= 11 is 0. The molecule has 0 saturated carbocycles. The molecule has 0 amide bonds. The van der Waals surface area contributed by atoms with Crippen molar-refractivity contribution in [3.8, 4) is 5.88 Å². The smallest absolute Gasteiger partial charge is 0.228 e. The normalized spacial score (nSPS) is 18.1. The van der Waals surface area contributed by atoms with E-state index in [-0.39, 0.29) is 5.54 Å². The molecule has 2 N–H and O–H groups in total. The van der Waals surface area contributed by atoms with Crippen LogP contribution in [0.5, 0.6) is 5.88 Å². The molecule has 1 aromatic rings. The van der Waals surface area contributed by atoms with Crippen molar-refractivity contribution in [2.24, 2.45) is 5.73 Å². The van der Waals surface area contributed by atoms with Crippen LogP contribution in [0, 0.1) is 6.92 Å². The third kappa shape index (κ3) is 2.24. The molecule has 0 atom stereocenters. The minimum absolute atomic E-state index is 0.112. The summed E-state index contributed by atoms with van der Waals surface area (Å²) in [5.41, 5.74) is 6.76. The number of ether oxygens (including phenoxy) is 1. The van der Waals surface area contributed by atoms with Crippen LogP contribution >= 0.6 is 0 Å². The van der Waals surface area contributed by atoms with E-state index in [0.717, 1.165) is 18.8 Å². The van der Waals surface area contributed by atoms with Crippen molar-refractivity contribution in [3.63, 3.8) is 0 Å². The number of hydrogen-bond donors (Lipinski definition) is 1. The first kappa shape index (κ1) is 11.1. The molecule has 0 aliphatic carbocycles. The number of anilines is 1. The third-order valence-electron chi connectivity index (χ3n) is 2.50. The first-order valence-electron chi connectivity index (χ1n) is 5.52. The Morgan fingerprint density at radius 2 is 2.19 bits per heavy atom. The molecule has 0 radical (unpaired) electrons. The van der Waals surface area contributed by atoms with Gasteiger partial charge in [0.05, 0.1) is 6.61 Å². The number of rotatable bonds is 3. The van der Waals surface area contributed by atoms with Crippen molar-refractivity contribution in [2.75, 3.05) is 24.6 Å². The van der Waals surface area contributed by atoms with Gasteiger partial charge in [-0.1, -0.05) is 0 Å². The Hall–Kier alpha value is -1.36. The van der Waals surface area contributed by atoms with Crippen molar-refractivity contribution in [1.82, 2.24) is 9.97 Å². The average Bonchev–Trinajstić information content (AvgIpc) is 2.13. The van der Waals surface area contributed by atoms with Crippen LogP contribution in [0.3, 0.4) is 0 Å². The highest BCUT2D eigenvalue weighted by Gasteiger charge is 2.36. The second kappa shape index (κ2) is 3.90. The number of nitrogens with two attached hydrogens (primary N) is 1. The Kier molecular flexibility index (Phi) is 2.71. The molecule has 1 aliphatic rings. The highest BCUT2D eigenvalue weighted by molar-refractivity contribution is 5.40. The lowest BCUT2D eigenvalue weighted by atomic mass is 9.94. The lowest BCUT2D eigenvalue weighted by Crippen LogP contribution is -2.66. The fourth-order valence-electron chi connectivity index (χ4n) is 1.85. The molecular formula is C11H18N4O. The maximum atomic E-state index is 5.96. The van der Waals surface area contributed by atoms with E-state index in [1.807, 2.05) is 26.8 Å². The molecule has 0 spiro atoms. The summed E-state index contributed by atoms with van der Waals surface area (Å²) in [6, 6.07) is 1.84. The van der Waals surface area contributed by atoms with Gasteiger partial charge in [0.2, 0.25) is 11.8 Å². The Morgan fingerprint density at radius 3 is 2.75 bits per heavy atom. The SMILES string of the molecule is CCOc1cc(C)nc(N2CC(C)(N)C2)n1. The van der Waals surface area contributed by atoms with Crippen molar-refractivity contribution in [2.45, 2.75) is 26.3 Å². The molecule has 16 heavy (non-hydrogen) atoms. The van der Waals surface area contributed by atoms with E-state index in [1.165, 1.54) is 0 Å². The molecule has 0 bridgehead atoms. The number of nitrogens with zero attached hydrogens (tertiary/aromatic N) is 3. The number of aromatic nitrogens is 2. The standard InChI is InChI=1S/C11H18N4O/c1-4-16-9-5-8(2)13-10(14-9)15-6-11(3,12)7-15/h5H,4,6-7,12H2,1-3H3. The van der Waals surface area contributed by atoms with Crippen LogP contribution in [0.25, 0.3) is 0 Å². The lowest BCUT2D eigenvalue weighted by Gasteiger charge is -2.45. The Morgan fingerprint density at radius 1 is 1.50 bits per heavy atom. The first-order chi connectivity index (χ1) is 7.50. The molecule has 88 valence electrons. The molecule has 1 fully saturated rings. The van der Waals surface area contributed by atoms with Gasteiger partial charge in [0, 0.05) is 30.4 Å². The van der Waals surface area contributed by atoms with E-state index in [4.69, 9.17) is 10.5 Å². The summed E-state index contributed by atoms with van der Waals surface area (Å²) in [6.07, 6.45) is 0. The quantitative estimate of drug-likeness (QED) is 0.816.